The highest BCUT2D eigenvalue weighted by atomic mass is 79.9. The van der Waals surface area contributed by atoms with E-state index < -0.39 is 34.1 Å². The van der Waals surface area contributed by atoms with Crippen molar-refractivity contribution < 1.29 is 18.0 Å². The molecule has 2 amide bonds. The predicted octanol–water partition coefficient (Wildman–Crippen LogP) is 6.59. The van der Waals surface area contributed by atoms with Crippen molar-refractivity contribution in [3.63, 3.8) is 0 Å². The van der Waals surface area contributed by atoms with Crippen molar-refractivity contribution in [2.24, 2.45) is 0 Å². The Morgan fingerprint density at radius 2 is 1.65 bits per heavy atom. The van der Waals surface area contributed by atoms with Gasteiger partial charge in [-0.2, -0.15) is 0 Å². The van der Waals surface area contributed by atoms with Gasteiger partial charge in [0, 0.05) is 26.6 Å². The second kappa shape index (κ2) is 12.9. The molecule has 3 aromatic rings. The van der Waals surface area contributed by atoms with Gasteiger partial charge in [0.2, 0.25) is 11.8 Å². The van der Waals surface area contributed by atoms with Gasteiger partial charge in [0.15, 0.2) is 0 Å². The molecule has 0 saturated carbocycles. The van der Waals surface area contributed by atoms with Crippen LogP contribution in [0, 0.1) is 6.92 Å². The van der Waals surface area contributed by atoms with Crippen molar-refractivity contribution >= 4 is 66.7 Å². The average Bonchev–Trinajstić information content (AvgIpc) is 2.85. The summed E-state index contributed by atoms with van der Waals surface area (Å²) in [6.45, 7) is 8.38. The molecule has 1 atom stereocenters. The first-order valence-electron chi connectivity index (χ1n) is 12.5. The van der Waals surface area contributed by atoms with E-state index in [1.807, 2.05) is 27.7 Å². The lowest BCUT2D eigenvalue weighted by molar-refractivity contribution is -0.140. The molecule has 0 aromatic heterocycles. The van der Waals surface area contributed by atoms with Gasteiger partial charge >= 0.3 is 0 Å². The van der Waals surface area contributed by atoms with E-state index in [0.29, 0.717) is 25.8 Å². The van der Waals surface area contributed by atoms with Crippen LogP contribution in [-0.2, 0) is 26.2 Å². The van der Waals surface area contributed by atoms with E-state index in [2.05, 4.69) is 21.2 Å². The molecule has 7 nitrogen and oxygen atoms in total. The fourth-order valence-electron chi connectivity index (χ4n) is 3.89. The van der Waals surface area contributed by atoms with Crippen molar-refractivity contribution in [2.75, 3.05) is 10.8 Å². The van der Waals surface area contributed by atoms with Crippen LogP contribution in [0.1, 0.15) is 38.8 Å². The third-order valence-corrected chi connectivity index (χ3v) is 8.87. The number of carbonyl (C=O) groups excluding carboxylic acids is 2. The van der Waals surface area contributed by atoms with Gasteiger partial charge in [-0.15, -0.1) is 0 Å². The number of carbonyl (C=O) groups is 2. The van der Waals surface area contributed by atoms with Gasteiger partial charge in [-0.05, 0) is 82.6 Å². The van der Waals surface area contributed by atoms with E-state index >= 15 is 0 Å². The number of benzene rings is 3. The molecule has 1 N–H and O–H groups in total. The smallest absolute Gasteiger partial charge is 0.264 e. The minimum Gasteiger partial charge on any atom is -0.350 e. The molecule has 0 fully saturated rings. The third-order valence-electron chi connectivity index (χ3n) is 6.01. The van der Waals surface area contributed by atoms with Gasteiger partial charge in [-0.1, -0.05) is 69.0 Å². The lowest BCUT2D eigenvalue weighted by Gasteiger charge is -2.33. The SMILES string of the molecule is Cc1ccc(S(=O)(=O)N(CC(=O)N(Cc2ccc(Cl)cc2Cl)[C@@H](C)C(=O)NC(C)(C)C)c2cccc(Br)c2)cc1. The maximum Gasteiger partial charge on any atom is 0.264 e. The van der Waals surface area contributed by atoms with E-state index in [1.54, 1.807) is 61.5 Å². The number of sulfonamides is 1. The Balaban J connectivity index is 2.06. The first-order valence-corrected chi connectivity index (χ1v) is 15.5. The van der Waals surface area contributed by atoms with Crippen LogP contribution in [0.4, 0.5) is 5.69 Å². The summed E-state index contributed by atoms with van der Waals surface area (Å²) >= 11 is 15.9. The van der Waals surface area contributed by atoms with Crippen molar-refractivity contribution in [1.82, 2.24) is 10.2 Å². The second-order valence-corrected chi connectivity index (χ2v) is 14.1. The molecular formula is C29H32BrCl2N3O4S. The molecule has 0 radical (unpaired) electrons. The first-order chi connectivity index (χ1) is 18.6. The van der Waals surface area contributed by atoms with Gasteiger partial charge in [0.1, 0.15) is 12.6 Å². The largest absolute Gasteiger partial charge is 0.350 e. The zero-order valence-electron chi connectivity index (χ0n) is 22.9. The molecule has 3 aromatic carbocycles. The molecule has 3 rings (SSSR count). The van der Waals surface area contributed by atoms with Crippen LogP contribution in [0.25, 0.3) is 0 Å². The maximum atomic E-state index is 14.0. The Labute approximate surface area is 254 Å². The van der Waals surface area contributed by atoms with Crippen LogP contribution in [-0.4, -0.2) is 43.3 Å². The van der Waals surface area contributed by atoms with Crippen molar-refractivity contribution in [3.05, 3.63) is 92.4 Å². The molecule has 214 valence electrons. The summed E-state index contributed by atoms with van der Waals surface area (Å²) in [5.74, 6) is -0.973. The van der Waals surface area contributed by atoms with Gasteiger partial charge in [-0.3, -0.25) is 13.9 Å². The molecule has 0 heterocycles. The summed E-state index contributed by atoms with van der Waals surface area (Å²) in [4.78, 5) is 28.5. The molecule has 0 aliphatic heterocycles. The fourth-order valence-corrected chi connectivity index (χ4v) is 6.15. The van der Waals surface area contributed by atoms with Crippen LogP contribution >= 0.6 is 39.1 Å². The highest BCUT2D eigenvalue weighted by Crippen LogP contribution is 2.28. The van der Waals surface area contributed by atoms with Gasteiger partial charge in [0.05, 0.1) is 10.6 Å². The molecule has 0 bridgehead atoms. The maximum absolute atomic E-state index is 14.0. The van der Waals surface area contributed by atoms with E-state index in [9.17, 15) is 18.0 Å². The molecule has 40 heavy (non-hydrogen) atoms. The number of amides is 2. The third kappa shape index (κ3) is 8.22. The number of hydrogen-bond acceptors (Lipinski definition) is 4. The molecule has 0 spiro atoms. The van der Waals surface area contributed by atoms with Crippen LogP contribution < -0.4 is 9.62 Å². The van der Waals surface area contributed by atoms with Gasteiger partial charge in [0.25, 0.3) is 10.0 Å². The predicted molar refractivity (Wildman–Crippen MR) is 164 cm³/mol. The van der Waals surface area contributed by atoms with Crippen molar-refractivity contribution in [2.45, 2.75) is 57.6 Å². The molecule has 0 unspecified atom stereocenters. The summed E-state index contributed by atoms with van der Waals surface area (Å²) in [5, 5.41) is 3.64. The van der Waals surface area contributed by atoms with Crippen LogP contribution in [0.15, 0.2) is 76.1 Å². The molecule has 11 heteroatoms. The lowest BCUT2D eigenvalue weighted by atomic mass is 10.1. The summed E-state index contributed by atoms with van der Waals surface area (Å²) < 4.78 is 29.5. The second-order valence-electron chi connectivity index (χ2n) is 10.5. The topological polar surface area (TPSA) is 86.8 Å². The zero-order valence-corrected chi connectivity index (χ0v) is 26.8. The number of aryl methyl sites for hydroxylation is 1. The number of halogens is 3. The number of hydrogen-bond donors (Lipinski definition) is 1. The Morgan fingerprint density at radius 1 is 1.00 bits per heavy atom. The summed E-state index contributed by atoms with van der Waals surface area (Å²) in [6.07, 6.45) is 0. The van der Waals surface area contributed by atoms with E-state index in [0.717, 1.165) is 9.87 Å². The fraction of sp³-hybridized carbons (Fsp3) is 0.310. The van der Waals surface area contributed by atoms with Crippen LogP contribution in [0.5, 0.6) is 0 Å². The number of rotatable bonds is 9. The first kappa shape index (κ1) is 31.9. The van der Waals surface area contributed by atoms with Gasteiger partial charge < -0.3 is 10.2 Å². The number of nitrogens with one attached hydrogen (secondary N) is 1. The lowest BCUT2D eigenvalue weighted by Crippen LogP contribution is -2.54. The normalized spacial score (nSPS) is 12.5. The van der Waals surface area contributed by atoms with E-state index in [-0.39, 0.29) is 17.3 Å². The van der Waals surface area contributed by atoms with E-state index in [1.165, 1.54) is 17.0 Å². The Kier molecular flexibility index (Phi) is 10.3. The molecular weight excluding hydrogens is 637 g/mol. The van der Waals surface area contributed by atoms with Gasteiger partial charge in [-0.25, -0.2) is 8.42 Å². The summed E-state index contributed by atoms with van der Waals surface area (Å²) in [6, 6.07) is 17.0. The number of anilines is 1. The van der Waals surface area contributed by atoms with Crippen LogP contribution in [0.3, 0.4) is 0 Å². The minimum absolute atomic E-state index is 0.0372. The highest BCUT2D eigenvalue weighted by molar-refractivity contribution is 9.10. The Hall–Kier alpha value is -2.59. The monoisotopic (exact) mass is 667 g/mol. The summed E-state index contributed by atoms with van der Waals surface area (Å²) in [7, 11) is -4.16. The van der Waals surface area contributed by atoms with Crippen LogP contribution in [0.2, 0.25) is 10.0 Å². The highest BCUT2D eigenvalue weighted by Gasteiger charge is 2.33. The Morgan fingerprint density at radius 3 is 2.23 bits per heavy atom. The Bertz CT molecular complexity index is 1490. The molecule has 0 aliphatic carbocycles. The standard InChI is InChI=1S/C29H32BrCl2N3O4S/c1-19-9-13-25(14-10-19)40(38,39)35(24-8-6-7-22(30)15-24)18-27(36)34(20(2)28(37)33-29(3,4)5)17-21-11-12-23(31)16-26(21)32/h6-16,20H,17-18H2,1-5H3,(H,33,37)/t20-/m0/s1. The molecule has 0 aliphatic rings. The number of nitrogens with zero attached hydrogens (tertiary/aromatic N) is 2. The quantitative estimate of drug-likeness (QED) is 0.279. The molecule has 0 saturated heterocycles. The minimum atomic E-state index is -4.16. The zero-order chi connectivity index (χ0) is 29.8. The van der Waals surface area contributed by atoms with Crippen molar-refractivity contribution in [3.8, 4) is 0 Å². The van der Waals surface area contributed by atoms with Crippen molar-refractivity contribution in [1.29, 1.82) is 0 Å². The van der Waals surface area contributed by atoms with E-state index in [4.69, 9.17) is 23.2 Å². The average molecular weight is 669 g/mol. The summed E-state index contributed by atoms with van der Waals surface area (Å²) in [5.41, 5.74) is 1.20.